The standard InChI is InChI=1S/C22H35N3O3/c1-4-24(14-5-6-15-25-16-13-23-12-11-21(25)26)18(2)17-19-7-9-20(10-8-19)22(27)28-3/h7-10,18,23H,4-6,11-17H2,1-3H3. The summed E-state index contributed by atoms with van der Waals surface area (Å²) in [6.45, 7) is 9.89. The van der Waals surface area contributed by atoms with Crippen LogP contribution in [-0.2, 0) is 16.0 Å². The Morgan fingerprint density at radius 2 is 2.00 bits per heavy atom. The smallest absolute Gasteiger partial charge is 0.337 e. The van der Waals surface area contributed by atoms with Crippen molar-refractivity contribution < 1.29 is 14.3 Å². The minimum atomic E-state index is -0.298. The highest BCUT2D eigenvalue weighted by atomic mass is 16.5. The number of nitrogens with zero attached hydrogens (tertiary/aromatic N) is 2. The highest BCUT2D eigenvalue weighted by Gasteiger charge is 2.17. The second-order valence-corrected chi connectivity index (χ2v) is 7.46. The lowest BCUT2D eigenvalue weighted by molar-refractivity contribution is -0.130. The molecule has 1 amide bonds. The van der Waals surface area contributed by atoms with E-state index in [9.17, 15) is 9.59 Å². The third-order valence-corrected chi connectivity index (χ3v) is 5.49. The van der Waals surface area contributed by atoms with E-state index in [1.165, 1.54) is 12.7 Å². The van der Waals surface area contributed by atoms with Gasteiger partial charge in [0.1, 0.15) is 0 Å². The summed E-state index contributed by atoms with van der Waals surface area (Å²) < 4.78 is 4.75. The zero-order valence-electron chi connectivity index (χ0n) is 17.6. The van der Waals surface area contributed by atoms with E-state index >= 15 is 0 Å². The van der Waals surface area contributed by atoms with Crippen LogP contribution in [0.3, 0.4) is 0 Å². The first-order chi connectivity index (χ1) is 13.5. The van der Waals surface area contributed by atoms with Crippen LogP contribution in [-0.4, -0.2) is 74.1 Å². The molecule has 1 aliphatic rings. The molecule has 1 atom stereocenters. The third kappa shape index (κ3) is 6.91. The van der Waals surface area contributed by atoms with Crippen LogP contribution in [0.5, 0.6) is 0 Å². The first-order valence-electron chi connectivity index (χ1n) is 10.4. The van der Waals surface area contributed by atoms with E-state index in [0.717, 1.165) is 58.5 Å². The molecule has 0 aliphatic carbocycles. The lowest BCUT2D eigenvalue weighted by Gasteiger charge is -2.28. The number of hydrogen-bond acceptors (Lipinski definition) is 5. The van der Waals surface area contributed by atoms with Crippen LogP contribution in [0.1, 0.15) is 49.0 Å². The number of carbonyl (C=O) groups excluding carboxylic acids is 2. The van der Waals surface area contributed by atoms with Gasteiger partial charge in [-0.15, -0.1) is 0 Å². The number of benzene rings is 1. The van der Waals surface area contributed by atoms with Crippen molar-refractivity contribution in [3.8, 4) is 0 Å². The Morgan fingerprint density at radius 3 is 2.68 bits per heavy atom. The summed E-state index contributed by atoms with van der Waals surface area (Å²) in [5.74, 6) is -0.0189. The Labute approximate surface area is 169 Å². The summed E-state index contributed by atoms with van der Waals surface area (Å²) in [5.41, 5.74) is 1.81. The maximum absolute atomic E-state index is 12.0. The molecular formula is C22H35N3O3. The number of ether oxygens (including phenoxy) is 1. The van der Waals surface area contributed by atoms with E-state index in [2.05, 4.69) is 24.1 Å². The Balaban J connectivity index is 1.75. The highest BCUT2D eigenvalue weighted by molar-refractivity contribution is 5.89. The van der Waals surface area contributed by atoms with E-state index in [1.54, 1.807) is 0 Å². The molecule has 0 radical (unpaired) electrons. The van der Waals surface area contributed by atoms with E-state index in [0.29, 0.717) is 18.0 Å². The van der Waals surface area contributed by atoms with Gasteiger partial charge in [0.2, 0.25) is 5.91 Å². The summed E-state index contributed by atoms with van der Waals surface area (Å²) in [5, 5.41) is 3.28. The van der Waals surface area contributed by atoms with Crippen LogP contribution in [0.2, 0.25) is 0 Å². The van der Waals surface area contributed by atoms with Crippen molar-refractivity contribution in [2.45, 2.75) is 45.6 Å². The first kappa shape index (κ1) is 22.4. The number of esters is 1. The monoisotopic (exact) mass is 389 g/mol. The average Bonchev–Trinajstić information content (AvgIpc) is 2.92. The Kier molecular flexibility index (Phi) is 9.44. The van der Waals surface area contributed by atoms with Crippen molar-refractivity contribution in [2.75, 3.05) is 46.4 Å². The van der Waals surface area contributed by atoms with E-state index in [4.69, 9.17) is 4.74 Å². The van der Waals surface area contributed by atoms with Crippen LogP contribution in [0.25, 0.3) is 0 Å². The number of carbonyl (C=O) groups is 2. The minimum Gasteiger partial charge on any atom is -0.465 e. The molecule has 1 heterocycles. The largest absolute Gasteiger partial charge is 0.465 e. The van der Waals surface area contributed by atoms with Gasteiger partial charge in [-0.2, -0.15) is 0 Å². The molecule has 1 aromatic rings. The summed E-state index contributed by atoms with van der Waals surface area (Å²) in [6, 6.07) is 8.11. The topological polar surface area (TPSA) is 61.9 Å². The van der Waals surface area contributed by atoms with Gasteiger partial charge in [0.05, 0.1) is 12.7 Å². The van der Waals surface area contributed by atoms with Crippen LogP contribution >= 0.6 is 0 Å². The molecule has 1 saturated heterocycles. The quantitative estimate of drug-likeness (QED) is 0.492. The Hall–Kier alpha value is -1.92. The zero-order valence-corrected chi connectivity index (χ0v) is 17.6. The molecule has 6 nitrogen and oxygen atoms in total. The molecular weight excluding hydrogens is 354 g/mol. The fraction of sp³-hybridized carbons (Fsp3) is 0.636. The lowest BCUT2D eigenvalue weighted by atomic mass is 10.0. The van der Waals surface area contributed by atoms with Gasteiger partial charge >= 0.3 is 5.97 Å². The van der Waals surface area contributed by atoms with Crippen molar-refractivity contribution in [1.29, 1.82) is 0 Å². The van der Waals surface area contributed by atoms with Crippen molar-refractivity contribution in [3.05, 3.63) is 35.4 Å². The number of hydrogen-bond donors (Lipinski definition) is 1. The van der Waals surface area contributed by atoms with E-state index < -0.39 is 0 Å². The Bertz CT molecular complexity index is 618. The zero-order chi connectivity index (χ0) is 20.4. The van der Waals surface area contributed by atoms with Gasteiger partial charge in [-0.05, 0) is 57.0 Å². The molecule has 0 saturated carbocycles. The molecule has 1 N–H and O–H groups in total. The number of rotatable bonds is 10. The van der Waals surface area contributed by atoms with Gasteiger partial charge in [-0.25, -0.2) is 4.79 Å². The number of methoxy groups -OCH3 is 1. The summed E-state index contributed by atoms with van der Waals surface area (Å²) >= 11 is 0. The predicted molar refractivity (Wildman–Crippen MR) is 111 cm³/mol. The average molecular weight is 390 g/mol. The molecule has 1 unspecified atom stereocenters. The van der Waals surface area contributed by atoms with Gasteiger partial charge in [0.25, 0.3) is 0 Å². The first-order valence-corrected chi connectivity index (χ1v) is 10.4. The van der Waals surface area contributed by atoms with Gasteiger partial charge in [0, 0.05) is 38.6 Å². The molecule has 156 valence electrons. The summed E-state index contributed by atoms with van der Waals surface area (Å²) in [7, 11) is 1.40. The number of nitrogens with one attached hydrogen (secondary N) is 1. The van der Waals surface area contributed by atoms with Gasteiger partial charge in [-0.1, -0.05) is 19.1 Å². The van der Waals surface area contributed by atoms with E-state index in [-0.39, 0.29) is 11.9 Å². The molecule has 0 aromatic heterocycles. The maximum atomic E-state index is 12.0. The second-order valence-electron chi connectivity index (χ2n) is 7.46. The lowest BCUT2D eigenvalue weighted by Crippen LogP contribution is -2.36. The number of amides is 1. The molecule has 1 aromatic carbocycles. The van der Waals surface area contributed by atoms with Crippen LogP contribution in [0.15, 0.2) is 24.3 Å². The van der Waals surface area contributed by atoms with Gasteiger partial charge in [-0.3, -0.25) is 4.79 Å². The van der Waals surface area contributed by atoms with E-state index in [1.807, 2.05) is 29.2 Å². The van der Waals surface area contributed by atoms with Crippen LogP contribution in [0.4, 0.5) is 0 Å². The summed E-state index contributed by atoms with van der Waals surface area (Å²) in [6.07, 6.45) is 3.71. The van der Waals surface area contributed by atoms with Gasteiger partial charge in [0.15, 0.2) is 0 Å². The normalized spacial score (nSPS) is 16.1. The fourth-order valence-corrected chi connectivity index (χ4v) is 3.73. The molecule has 6 heteroatoms. The Morgan fingerprint density at radius 1 is 1.25 bits per heavy atom. The van der Waals surface area contributed by atoms with Crippen molar-refractivity contribution in [2.24, 2.45) is 0 Å². The fourth-order valence-electron chi connectivity index (χ4n) is 3.73. The molecule has 0 bridgehead atoms. The molecule has 2 rings (SSSR count). The van der Waals surface area contributed by atoms with Gasteiger partial charge < -0.3 is 19.9 Å². The molecule has 28 heavy (non-hydrogen) atoms. The molecule has 1 fully saturated rings. The number of likely N-dealkylation sites (N-methyl/N-ethyl adjacent to an activating group) is 1. The maximum Gasteiger partial charge on any atom is 0.337 e. The molecule has 1 aliphatic heterocycles. The van der Waals surface area contributed by atoms with Crippen molar-refractivity contribution >= 4 is 11.9 Å². The summed E-state index contributed by atoms with van der Waals surface area (Å²) in [4.78, 5) is 28.1. The highest BCUT2D eigenvalue weighted by Crippen LogP contribution is 2.12. The SMILES string of the molecule is CCN(CCCCN1CCNCCC1=O)C(C)Cc1ccc(C(=O)OC)cc1. The predicted octanol–water partition coefficient (Wildman–Crippen LogP) is 2.33. The van der Waals surface area contributed by atoms with Crippen LogP contribution in [0, 0.1) is 0 Å². The second kappa shape index (κ2) is 11.8. The van der Waals surface area contributed by atoms with Crippen molar-refractivity contribution in [3.63, 3.8) is 0 Å². The third-order valence-electron chi connectivity index (χ3n) is 5.49. The number of unbranched alkanes of at least 4 members (excludes halogenated alkanes) is 1. The van der Waals surface area contributed by atoms with Crippen LogP contribution < -0.4 is 5.32 Å². The molecule has 0 spiro atoms. The van der Waals surface area contributed by atoms with Crippen molar-refractivity contribution in [1.82, 2.24) is 15.1 Å². The minimum absolute atomic E-state index is 0.279.